The minimum atomic E-state index is 0.194. The average molecular weight is 373 g/mol. The number of ether oxygens (including phenoxy) is 1. The van der Waals surface area contributed by atoms with Crippen LogP contribution in [0.25, 0.3) is 22.6 Å². The highest BCUT2D eigenvalue weighted by atomic mass is 16.5. The number of anilines is 1. The molecule has 0 aliphatic heterocycles. The third-order valence-electron chi connectivity index (χ3n) is 4.09. The van der Waals surface area contributed by atoms with Crippen LogP contribution in [0.4, 0.5) is 5.95 Å². The lowest BCUT2D eigenvalue weighted by atomic mass is 10.1. The van der Waals surface area contributed by atoms with Gasteiger partial charge in [-0.05, 0) is 18.2 Å². The van der Waals surface area contributed by atoms with E-state index in [1.54, 1.807) is 11.8 Å². The molecule has 3 aromatic heterocycles. The lowest BCUT2D eigenvalue weighted by Gasteiger charge is -2.04. The Hall–Kier alpha value is -3.65. The fourth-order valence-corrected chi connectivity index (χ4v) is 2.86. The minimum absolute atomic E-state index is 0.194. The molecule has 2 N–H and O–H groups in total. The quantitative estimate of drug-likeness (QED) is 0.554. The molecule has 1 aromatic carbocycles. The van der Waals surface area contributed by atoms with Crippen molar-refractivity contribution in [1.29, 1.82) is 0 Å². The maximum Gasteiger partial charge on any atom is 0.221 e. The molecule has 4 aromatic rings. The molecule has 0 aliphatic carbocycles. The van der Waals surface area contributed by atoms with E-state index in [1.165, 1.54) is 0 Å². The van der Waals surface area contributed by atoms with Gasteiger partial charge in [0.15, 0.2) is 0 Å². The normalized spacial score (nSPS) is 10.9. The number of rotatable bonds is 6. The zero-order chi connectivity index (χ0) is 19.3. The summed E-state index contributed by atoms with van der Waals surface area (Å²) in [7, 11) is 1.65. The van der Waals surface area contributed by atoms with Crippen molar-refractivity contribution in [2.75, 3.05) is 12.8 Å². The van der Waals surface area contributed by atoms with Gasteiger partial charge in [-0.25, -0.2) is 14.6 Å². The maximum atomic E-state index is 5.91. The van der Waals surface area contributed by atoms with Crippen LogP contribution in [0, 0.1) is 0 Å². The van der Waals surface area contributed by atoms with Crippen LogP contribution in [-0.2, 0) is 17.9 Å². The molecule has 0 radical (unpaired) electrons. The van der Waals surface area contributed by atoms with Crippen molar-refractivity contribution in [3.63, 3.8) is 0 Å². The summed E-state index contributed by atoms with van der Waals surface area (Å²) in [4.78, 5) is 13.2. The number of pyridine rings is 1. The van der Waals surface area contributed by atoms with Crippen molar-refractivity contribution in [3.05, 3.63) is 72.2 Å². The van der Waals surface area contributed by atoms with Crippen LogP contribution in [0.5, 0.6) is 0 Å². The molecule has 4 rings (SSSR count). The molecule has 0 atom stereocenters. The van der Waals surface area contributed by atoms with E-state index >= 15 is 0 Å². The Labute approximate surface area is 162 Å². The van der Waals surface area contributed by atoms with Crippen molar-refractivity contribution in [2.24, 2.45) is 0 Å². The molecule has 0 unspecified atom stereocenters. The van der Waals surface area contributed by atoms with Crippen LogP contribution in [0.1, 0.15) is 11.4 Å². The van der Waals surface area contributed by atoms with Crippen molar-refractivity contribution in [2.45, 2.75) is 13.2 Å². The Morgan fingerprint density at radius 2 is 1.68 bits per heavy atom. The van der Waals surface area contributed by atoms with Gasteiger partial charge in [0, 0.05) is 12.7 Å². The summed E-state index contributed by atoms with van der Waals surface area (Å²) in [5.41, 5.74) is 10.6. The first-order chi connectivity index (χ1) is 13.7. The molecule has 0 bridgehead atoms. The van der Waals surface area contributed by atoms with Gasteiger partial charge in [-0.3, -0.25) is 4.98 Å². The number of nitrogens with two attached hydrogens (primary N) is 1. The second kappa shape index (κ2) is 7.93. The topological polar surface area (TPSA) is 105 Å². The molecule has 0 amide bonds. The lowest BCUT2D eigenvalue weighted by Crippen LogP contribution is -2.04. The van der Waals surface area contributed by atoms with Gasteiger partial charge in [-0.15, -0.1) is 5.10 Å². The van der Waals surface area contributed by atoms with Gasteiger partial charge in [0.05, 0.1) is 42.1 Å². The van der Waals surface area contributed by atoms with Crippen LogP contribution in [0.3, 0.4) is 0 Å². The fourth-order valence-electron chi connectivity index (χ4n) is 2.86. The first-order valence-corrected chi connectivity index (χ1v) is 8.75. The Bertz CT molecular complexity index is 1080. The summed E-state index contributed by atoms with van der Waals surface area (Å²) in [6.07, 6.45) is 1.82. The minimum Gasteiger partial charge on any atom is -0.378 e. The highest BCUT2D eigenvalue weighted by Crippen LogP contribution is 2.23. The number of hydrogen-bond donors (Lipinski definition) is 1. The molecule has 0 spiro atoms. The molecule has 0 saturated carbocycles. The molecular weight excluding hydrogens is 354 g/mol. The summed E-state index contributed by atoms with van der Waals surface area (Å²) >= 11 is 0. The smallest absolute Gasteiger partial charge is 0.221 e. The van der Waals surface area contributed by atoms with E-state index in [0.29, 0.717) is 24.5 Å². The Balaban J connectivity index is 1.59. The zero-order valence-corrected chi connectivity index (χ0v) is 15.4. The second-order valence-corrected chi connectivity index (χ2v) is 6.22. The van der Waals surface area contributed by atoms with Crippen LogP contribution < -0.4 is 5.73 Å². The van der Waals surface area contributed by atoms with Crippen LogP contribution >= 0.6 is 0 Å². The summed E-state index contributed by atoms with van der Waals surface area (Å²) in [6.45, 7) is 0.968. The van der Waals surface area contributed by atoms with E-state index in [4.69, 9.17) is 10.5 Å². The molecule has 0 fully saturated rings. The second-order valence-electron chi connectivity index (χ2n) is 6.22. The maximum absolute atomic E-state index is 5.91. The van der Waals surface area contributed by atoms with E-state index in [-0.39, 0.29) is 5.95 Å². The Morgan fingerprint density at radius 3 is 2.50 bits per heavy atom. The van der Waals surface area contributed by atoms with E-state index in [0.717, 1.165) is 22.6 Å². The SMILES string of the molecule is COCc1cccc(Cn2cc(-c3cc(-c4ccccc4)nc(N)n3)nn2)n1. The fraction of sp³-hybridized carbons (Fsp3) is 0.150. The molecule has 28 heavy (non-hydrogen) atoms. The van der Waals surface area contributed by atoms with Crippen molar-refractivity contribution < 1.29 is 4.74 Å². The first-order valence-electron chi connectivity index (χ1n) is 8.75. The van der Waals surface area contributed by atoms with Gasteiger partial charge in [0.25, 0.3) is 0 Å². The summed E-state index contributed by atoms with van der Waals surface area (Å²) in [6, 6.07) is 17.5. The van der Waals surface area contributed by atoms with Gasteiger partial charge >= 0.3 is 0 Å². The number of benzene rings is 1. The first kappa shape index (κ1) is 17.7. The molecule has 3 heterocycles. The third-order valence-corrected chi connectivity index (χ3v) is 4.09. The molecule has 8 heteroatoms. The summed E-state index contributed by atoms with van der Waals surface area (Å²) in [5, 5.41) is 8.42. The van der Waals surface area contributed by atoms with Gasteiger partial charge < -0.3 is 10.5 Å². The predicted octanol–water partition coefficient (Wildman–Crippen LogP) is 2.57. The van der Waals surface area contributed by atoms with E-state index in [9.17, 15) is 0 Å². The summed E-state index contributed by atoms with van der Waals surface area (Å²) in [5.74, 6) is 0.194. The molecular formula is C20H19N7O. The summed E-state index contributed by atoms with van der Waals surface area (Å²) < 4.78 is 6.85. The largest absolute Gasteiger partial charge is 0.378 e. The number of nitrogen functional groups attached to an aromatic ring is 1. The van der Waals surface area contributed by atoms with E-state index in [2.05, 4.69) is 25.3 Å². The highest BCUT2D eigenvalue weighted by molar-refractivity contribution is 5.66. The van der Waals surface area contributed by atoms with Gasteiger partial charge in [0.1, 0.15) is 5.69 Å². The number of nitrogens with zero attached hydrogens (tertiary/aromatic N) is 6. The molecule has 140 valence electrons. The standard InChI is InChI=1S/C20H19N7O/c1-28-13-16-9-5-8-15(22-16)11-27-12-19(25-26-27)18-10-17(23-20(21)24-18)14-6-3-2-4-7-14/h2-10,12H,11,13H2,1H3,(H2,21,23,24). The number of hydrogen-bond acceptors (Lipinski definition) is 7. The molecule has 0 saturated heterocycles. The molecule has 0 aliphatic rings. The highest BCUT2D eigenvalue weighted by Gasteiger charge is 2.11. The van der Waals surface area contributed by atoms with Gasteiger partial charge in [0.2, 0.25) is 5.95 Å². The van der Waals surface area contributed by atoms with Gasteiger partial charge in [-0.1, -0.05) is 41.6 Å². The predicted molar refractivity (Wildman–Crippen MR) is 105 cm³/mol. The van der Waals surface area contributed by atoms with Crippen LogP contribution in [0.15, 0.2) is 60.8 Å². The van der Waals surface area contributed by atoms with Crippen molar-refractivity contribution in [1.82, 2.24) is 29.9 Å². The Kier molecular flexibility index (Phi) is 5.03. The number of methoxy groups -OCH3 is 1. The third kappa shape index (κ3) is 4.02. The molecule has 8 nitrogen and oxygen atoms in total. The average Bonchev–Trinajstić information content (AvgIpc) is 3.17. The monoisotopic (exact) mass is 373 g/mol. The van der Waals surface area contributed by atoms with Crippen molar-refractivity contribution in [3.8, 4) is 22.6 Å². The number of aromatic nitrogens is 6. The van der Waals surface area contributed by atoms with Crippen LogP contribution in [-0.4, -0.2) is 37.1 Å². The Morgan fingerprint density at radius 1 is 0.893 bits per heavy atom. The van der Waals surface area contributed by atoms with E-state index in [1.807, 2.05) is 60.8 Å². The zero-order valence-electron chi connectivity index (χ0n) is 15.4. The van der Waals surface area contributed by atoms with Crippen molar-refractivity contribution >= 4 is 5.95 Å². The van der Waals surface area contributed by atoms with Gasteiger partial charge in [-0.2, -0.15) is 0 Å². The van der Waals surface area contributed by atoms with Crippen LogP contribution in [0.2, 0.25) is 0 Å². The van der Waals surface area contributed by atoms with E-state index < -0.39 is 0 Å². The lowest BCUT2D eigenvalue weighted by molar-refractivity contribution is 0.181.